The fraction of sp³-hybridized carbons (Fsp3) is 0.286. The molecule has 0 aliphatic carbocycles. The second kappa shape index (κ2) is 5.04. The van der Waals surface area contributed by atoms with Crippen LogP contribution in [0.25, 0.3) is 0 Å². The van der Waals surface area contributed by atoms with Gasteiger partial charge in [0.25, 0.3) is 0 Å². The van der Waals surface area contributed by atoms with Gasteiger partial charge in [-0.05, 0) is 18.1 Å². The molecule has 0 bridgehead atoms. The van der Waals surface area contributed by atoms with Gasteiger partial charge >= 0.3 is 0 Å². The number of aryl methyl sites for hydroxylation is 1. The highest BCUT2D eigenvalue weighted by atomic mass is 16.5. The minimum atomic E-state index is 0.185. The quantitative estimate of drug-likeness (QED) is 0.776. The van der Waals surface area contributed by atoms with Crippen LogP contribution in [-0.2, 0) is 7.05 Å². The van der Waals surface area contributed by atoms with Crippen molar-refractivity contribution >= 4 is 6.29 Å². The maximum Gasteiger partial charge on any atom is 0.228 e. The van der Waals surface area contributed by atoms with Gasteiger partial charge in [-0.15, -0.1) is 0 Å². The van der Waals surface area contributed by atoms with E-state index >= 15 is 0 Å². The van der Waals surface area contributed by atoms with Crippen molar-refractivity contribution < 1.29 is 9.53 Å². The van der Waals surface area contributed by atoms with Crippen molar-refractivity contribution in [2.45, 2.75) is 19.8 Å². The molecule has 0 radical (unpaired) electrons. The molecule has 0 amide bonds. The number of rotatable bonds is 4. The predicted molar refractivity (Wildman–Crippen MR) is 69.2 cm³/mol. The summed E-state index contributed by atoms with van der Waals surface area (Å²) in [6, 6.07) is 9.37. The molecule has 0 unspecified atom stereocenters. The van der Waals surface area contributed by atoms with Crippen LogP contribution >= 0.6 is 0 Å². The molecule has 1 aromatic heterocycles. The number of nitrogens with zero attached hydrogens (tertiary/aromatic N) is 2. The lowest BCUT2D eigenvalue weighted by atomic mass is 10.1. The zero-order valence-corrected chi connectivity index (χ0v) is 10.8. The molecule has 0 saturated heterocycles. The van der Waals surface area contributed by atoms with Gasteiger partial charge in [-0.2, -0.15) is 5.10 Å². The van der Waals surface area contributed by atoms with Crippen molar-refractivity contribution in [3.8, 4) is 11.6 Å². The Kier molecular flexibility index (Phi) is 3.46. The highest BCUT2D eigenvalue weighted by Gasteiger charge is 2.19. The van der Waals surface area contributed by atoms with E-state index in [9.17, 15) is 4.79 Å². The molecule has 18 heavy (non-hydrogen) atoms. The SMILES string of the molecule is CC(C)c1nn(C)c(Oc2ccccc2)c1C=O. The molecule has 4 nitrogen and oxygen atoms in total. The Morgan fingerprint density at radius 3 is 2.50 bits per heavy atom. The molecule has 0 saturated carbocycles. The van der Waals surface area contributed by atoms with Crippen LogP contribution in [0.3, 0.4) is 0 Å². The number of para-hydroxylation sites is 1. The molecule has 94 valence electrons. The van der Waals surface area contributed by atoms with Crippen molar-refractivity contribution in [2.24, 2.45) is 7.05 Å². The maximum absolute atomic E-state index is 11.2. The maximum atomic E-state index is 11.2. The number of benzene rings is 1. The summed E-state index contributed by atoms with van der Waals surface area (Å²) in [4.78, 5) is 11.2. The van der Waals surface area contributed by atoms with E-state index in [0.29, 0.717) is 17.2 Å². The van der Waals surface area contributed by atoms with E-state index < -0.39 is 0 Å². The van der Waals surface area contributed by atoms with Crippen LogP contribution in [0.2, 0.25) is 0 Å². The normalized spacial score (nSPS) is 10.7. The number of hydrogen-bond donors (Lipinski definition) is 0. The summed E-state index contributed by atoms with van der Waals surface area (Å²) in [5.74, 6) is 1.36. The second-order valence-electron chi connectivity index (χ2n) is 4.42. The molecular formula is C14H16N2O2. The van der Waals surface area contributed by atoms with E-state index in [0.717, 1.165) is 12.0 Å². The zero-order valence-electron chi connectivity index (χ0n) is 10.8. The number of carbonyl (C=O) groups is 1. The van der Waals surface area contributed by atoms with Crippen LogP contribution in [0.1, 0.15) is 35.8 Å². The lowest BCUT2D eigenvalue weighted by molar-refractivity contribution is 0.112. The molecule has 0 fully saturated rings. The Bertz CT molecular complexity index is 544. The number of ether oxygens (including phenoxy) is 1. The molecule has 0 atom stereocenters. The predicted octanol–water partition coefficient (Wildman–Crippen LogP) is 3.15. The molecule has 0 N–H and O–H groups in total. The van der Waals surface area contributed by atoms with Crippen LogP contribution in [-0.4, -0.2) is 16.1 Å². The Balaban J connectivity index is 2.41. The average molecular weight is 244 g/mol. The summed E-state index contributed by atoms with van der Waals surface area (Å²) in [7, 11) is 1.77. The van der Waals surface area contributed by atoms with E-state index in [1.54, 1.807) is 11.7 Å². The third-order valence-electron chi connectivity index (χ3n) is 2.68. The number of carbonyl (C=O) groups excluding carboxylic acids is 1. The van der Waals surface area contributed by atoms with E-state index in [4.69, 9.17) is 4.74 Å². The van der Waals surface area contributed by atoms with E-state index in [-0.39, 0.29) is 5.92 Å². The highest BCUT2D eigenvalue weighted by molar-refractivity contribution is 5.80. The molecule has 4 heteroatoms. The number of hydrogen-bond acceptors (Lipinski definition) is 3. The first-order valence-electron chi connectivity index (χ1n) is 5.88. The molecule has 2 rings (SSSR count). The van der Waals surface area contributed by atoms with Gasteiger partial charge < -0.3 is 4.74 Å². The Morgan fingerprint density at radius 2 is 1.94 bits per heavy atom. The molecule has 1 heterocycles. The third kappa shape index (κ3) is 2.27. The summed E-state index contributed by atoms with van der Waals surface area (Å²) >= 11 is 0. The first kappa shape index (κ1) is 12.4. The molecule has 1 aromatic carbocycles. The Hall–Kier alpha value is -2.10. The monoisotopic (exact) mass is 244 g/mol. The molecule has 0 spiro atoms. The van der Waals surface area contributed by atoms with Crippen molar-refractivity contribution in [1.82, 2.24) is 9.78 Å². The highest BCUT2D eigenvalue weighted by Crippen LogP contribution is 2.29. The van der Waals surface area contributed by atoms with Gasteiger partial charge in [-0.25, -0.2) is 4.68 Å². The summed E-state index contributed by atoms with van der Waals surface area (Å²) in [6.45, 7) is 4.00. The van der Waals surface area contributed by atoms with Gasteiger partial charge in [0.1, 0.15) is 11.3 Å². The lowest BCUT2D eigenvalue weighted by Crippen LogP contribution is -1.96. The smallest absolute Gasteiger partial charge is 0.228 e. The lowest BCUT2D eigenvalue weighted by Gasteiger charge is -2.06. The topological polar surface area (TPSA) is 44.1 Å². The summed E-state index contributed by atoms with van der Waals surface area (Å²) in [5.41, 5.74) is 1.29. The van der Waals surface area contributed by atoms with Gasteiger partial charge in [0.2, 0.25) is 5.88 Å². The van der Waals surface area contributed by atoms with Gasteiger partial charge in [0, 0.05) is 7.05 Å². The van der Waals surface area contributed by atoms with Gasteiger partial charge in [0.15, 0.2) is 6.29 Å². The first-order valence-corrected chi connectivity index (χ1v) is 5.88. The summed E-state index contributed by atoms with van der Waals surface area (Å²) < 4.78 is 7.33. The molecule has 2 aromatic rings. The van der Waals surface area contributed by atoms with Crippen LogP contribution in [0.15, 0.2) is 30.3 Å². The van der Waals surface area contributed by atoms with Gasteiger partial charge in [-0.3, -0.25) is 4.79 Å². The largest absolute Gasteiger partial charge is 0.439 e. The van der Waals surface area contributed by atoms with Gasteiger partial charge in [0.05, 0.1) is 5.69 Å². The van der Waals surface area contributed by atoms with Crippen molar-refractivity contribution in [1.29, 1.82) is 0 Å². The molecular weight excluding hydrogens is 228 g/mol. The fourth-order valence-corrected chi connectivity index (χ4v) is 1.80. The number of aldehydes is 1. The van der Waals surface area contributed by atoms with Crippen LogP contribution in [0.4, 0.5) is 0 Å². The van der Waals surface area contributed by atoms with Crippen molar-refractivity contribution in [2.75, 3.05) is 0 Å². The van der Waals surface area contributed by atoms with E-state index in [2.05, 4.69) is 5.10 Å². The Labute approximate surface area is 106 Å². The van der Waals surface area contributed by atoms with Crippen LogP contribution in [0, 0.1) is 0 Å². The fourth-order valence-electron chi connectivity index (χ4n) is 1.80. The number of aromatic nitrogens is 2. The average Bonchev–Trinajstić information content (AvgIpc) is 2.68. The minimum Gasteiger partial charge on any atom is -0.439 e. The van der Waals surface area contributed by atoms with Crippen LogP contribution < -0.4 is 4.74 Å². The Morgan fingerprint density at radius 1 is 1.28 bits per heavy atom. The van der Waals surface area contributed by atoms with E-state index in [1.807, 2.05) is 44.2 Å². The van der Waals surface area contributed by atoms with Crippen molar-refractivity contribution in [3.05, 3.63) is 41.6 Å². The zero-order chi connectivity index (χ0) is 13.1. The molecule has 0 aliphatic rings. The molecule has 0 aliphatic heterocycles. The minimum absolute atomic E-state index is 0.185. The summed E-state index contributed by atoms with van der Waals surface area (Å²) in [6.07, 6.45) is 0.806. The van der Waals surface area contributed by atoms with E-state index in [1.165, 1.54) is 0 Å². The standard InChI is InChI=1S/C14H16N2O2/c1-10(2)13-12(9-17)14(16(3)15-13)18-11-7-5-4-6-8-11/h4-10H,1-3H3. The third-order valence-corrected chi connectivity index (χ3v) is 2.68. The summed E-state index contributed by atoms with van der Waals surface area (Å²) in [5, 5.41) is 4.34. The van der Waals surface area contributed by atoms with Gasteiger partial charge in [-0.1, -0.05) is 32.0 Å². The van der Waals surface area contributed by atoms with Crippen molar-refractivity contribution in [3.63, 3.8) is 0 Å². The van der Waals surface area contributed by atoms with Crippen LogP contribution in [0.5, 0.6) is 11.6 Å². The first-order chi connectivity index (χ1) is 8.63. The second-order valence-corrected chi connectivity index (χ2v) is 4.42.